The van der Waals surface area contributed by atoms with Crippen molar-refractivity contribution in [3.05, 3.63) is 54.3 Å². The average Bonchev–Trinajstić information content (AvgIpc) is 2.89. The van der Waals surface area contributed by atoms with E-state index in [4.69, 9.17) is 0 Å². The third kappa shape index (κ3) is 3.54. The lowest BCUT2D eigenvalue weighted by atomic mass is 10.4. The van der Waals surface area contributed by atoms with Gasteiger partial charge in [-0.15, -0.1) is 23.1 Å². The molecule has 17 heavy (non-hydrogen) atoms. The van der Waals surface area contributed by atoms with Crippen molar-refractivity contribution in [1.82, 2.24) is 9.97 Å². The summed E-state index contributed by atoms with van der Waals surface area (Å²) in [5, 5.41) is 3.29. The Balaban J connectivity index is 0.000000128. The molecule has 0 aliphatic carbocycles. The zero-order valence-corrected chi connectivity index (χ0v) is 11.0. The smallest absolute Gasteiger partial charge is 0.123 e. The molecule has 0 bridgehead atoms. The van der Waals surface area contributed by atoms with Gasteiger partial charge in [0.1, 0.15) is 4.83 Å². The van der Waals surface area contributed by atoms with Crippen LogP contribution in [0.1, 0.15) is 0 Å². The first kappa shape index (κ1) is 12.1. The molecule has 3 aromatic rings. The standard InChI is InChI=1S/C7H5NS.C6H7NS/c1-2-6-3-5-9-7(6)8-4-1;1-8-6-2-4-7-5-3-6/h1-5H;2-5H,1H3. The Morgan fingerprint density at radius 1 is 1.06 bits per heavy atom. The van der Waals surface area contributed by atoms with Crippen LogP contribution in [0.25, 0.3) is 10.2 Å². The summed E-state index contributed by atoms with van der Waals surface area (Å²) in [6.45, 7) is 0. The first-order valence-electron chi connectivity index (χ1n) is 5.12. The van der Waals surface area contributed by atoms with E-state index >= 15 is 0 Å². The Bertz CT molecular complexity index is 533. The molecule has 0 saturated carbocycles. The van der Waals surface area contributed by atoms with Crippen LogP contribution in [0.4, 0.5) is 0 Å². The second-order valence-electron chi connectivity index (χ2n) is 3.21. The average molecular weight is 260 g/mol. The van der Waals surface area contributed by atoms with Crippen molar-refractivity contribution < 1.29 is 0 Å². The van der Waals surface area contributed by atoms with Crippen molar-refractivity contribution >= 4 is 33.3 Å². The van der Waals surface area contributed by atoms with Crippen LogP contribution in [-0.4, -0.2) is 16.2 Å². The van der Waals surface area contributed by atoms with Gasteiger partial charge in [-0.2, -0.15) is 0 Å². The first-order chi connectivity index (χ1) is 8.40. The van der Waals surface area contributed by atoms with E-state index in [9.17, 15) is 0 Å². The highest BCUT2D eigenvalue weighted by molar-refractivity contribution is 7.98. The summed E-state index contributed by atoms with van der Waals surface area (Å²) >= 11 is 3.40. The molecule has 0 spiro atoms. The van der Waals surface area contributed by atoms with Gasteiger partial charge in [0.05, 0.1) is 0 Å². The number of aromatic nitrogens is 2. The zero-order valence-electron chi connectivity index (χ0n) is 9.41. The SMILES string of the molecule is CSc1ccncc1.c1cnc2sccc2c1. The Morgan fingerprint density at radius 3 is 2.53 bits per heavy atom. The Morgan fingerprint density at radius 2 is 1.88 bits per heavy atom. The van der Waals surface area contributed by atoms with Crippen LogP contribution in [0.2, 0.25) is 0 Å². The lowest BCUT2D eigenvalue weighted by Gasteiger charge is -1.88. The monoisotopic (exact) mass is 260 g/mol. The number of thioether (sulfide) groups is 1. The van der Waals surface area contributed by atoms with Crippen LogP contribution < -0.4 is 0 Å². The molecule has 0 amide bonds. The van der Waals surface area contributed by atoms with Crippen molar-refractivity contribution in [1.29, 1.82) is 0 Å². The maximum Gasteiger partial charge on any atom is 0.123 e. The van der Waals surface area contributed by atoms with Crippen LogP contribution in [0.5, 0.6) is 0 Å². The Labute approximate surface area is 109 Å². The fourth-order valence-electron chi connectivity index (χ4n) is 1.27. The Hall–Kier alpha value is -1.39. The van der Waals surface area contributed by atoms with Crippen LogP contribution in [0.3, 0.4) is 0 Å². The fraction of sp³-hybridized carbons (Fsp3) is 0.0769. The lowest BCUT2D eigenvalue weighted by molar-refractivity contribution is 1.27. The number of pyridine rings is 2. The summed E-state index contributed by atoms with van der Waals surface area (Å²) < 4.78 is 0. The predicted octanol–water partition coefficient (Wildman–Crippen LogP) is 4.10. The molecular formula is C13H12N2S2. The summed E-state index contributed by atoms with van der Waals surface area (Å²) in [5.41, 5.74) is 0. The van der Waals surface area contributed by atoms with Crippen molar-refractivity contribution in [2.24, 2.45) is 0 Å². The molecule has 3 heterocycles. The lowest BCUT2D eigenvalue weighted by Crippen LogP contribution is -1.68. The number of nitrogens with zero attached hydrogens (tertiary/aromatic N) is 2. The van der Waals surface area contributed by atoms with Crippen LogP contribution in [0, 0.1) is 0 Å². The van der Waals surface area contributed by atoms with Gasteiger partial charge >= 0.3 is 0 Å². The molecule has 0 aliphatic heterocycles. The maximum atomic E-state index is 4.16. The fourth-order valence-corrected chi connectivity index (χ4v) is 2.41. The normalized spacial score (nSPS) is 9.71. The molecule has 0 aromatic carbocycles. The summed E-state index contributed by atoms with van der Waals surface area (Å²) in [5.74, 6) is 0. The van der Waals surface area contributed by atoms with Gasteiger partial charge in [-0.3, -0.25) is 4.98 Å². The zero-order chi connectivity index (χ0) is 11.9. The molecule has 2 nitrogen and oxygen atoms in total. The minimum Gasteiger partial charge on any atom is -0.265 e. The van der Waals surface area contributed by atoms with Crippen molar-refractivity contribution in [3.8, 4) is 0 Å². The molecule has 0 fully saturated rings. The van der Waals surface area contributed by atoms with E-state index in [0.29, 0.717) is 0 Å². The molecule has 0 aliphatic rings. The third-order valence-corrected chi connectivity index (χ3v) is 3.69. The third-order valence-electron chi connectivity index (χ3n) is 2.11. The Kier molecular flexibility index (Phi) is 4.53. The number of rotatable bonds is 1. The van der Waals surface area contributed by atoms with Gasteiger partial charge < -0.3 is 0 Å². The van der Waals surface area contributed by atoms with Gasteiger partial charge in [0.2, 0.25) is 0 Å². The molecule has 86 valence electrons. The van der Waals surface area contributed by atoms with Gasteiger partial charge in [-0.1, -0.05) is 6.07 Å². The van der Waals surface area contributed by atoms with Crippen LogP contribution in [-0.2, 0) is 0 Å². The number of thiophene rings is 1. The topological polar surface area (TPSA) is 25.8 Å². The van der Waals surface area contributed by atoms with E-state index in [1.807, 2.05) is 24.4 Å². The molecular weight excluding hydrogens is 248 g/mol. The van der Waals surface area contributed by atoms with E-state index in [2.05, 4.69) is 33.7 Å². The van der Waals surface area contributed by atoms with Gasteiger partial charge in [0, 0.05) is 28.9 Å². The molecule has 0 radical (unpaired) electrons. The largest absolute Gasteiger partial charge is 0.265 e. The first-order valence-corrected chi connectivity index (χ1v) is 7.23. The van der Waals surface area contributed by atoms with Crippen LogP contribution >= 0.6 is 23.1 Å². The minimum absolute atomic E-state index is 1.12. The van der Waals surface area contributed by atoms with E-state index in [1.54, 1.807) is 35.5 Å². The minimum atomic E-state index is 1.12. The summed E-state index contributed by atoms with van der Waals surface area (Å²) in [7, 11) is 0. The summed E-state index contributed by atoms with van der Waals surface area (Å²) in [6.07, 6.45) is 7.46. The quantitative estimate of drug-likeness (QED) is 0.616. The molecule has 4 heteroatoms. The molecule has 0 unspecified atom stereocenters. The highest BCUT2D eigenvalue weighted by Crippen LogP contribution is 2.16. The van der Waals surface area contributed by atoms with E-state index < -0.39 is 0 Å². The molecule has 0 N–H and O–H groups in total. The summed E-state index contributed by atoms with van der Waals surface area (Å²) in [6, 6.07) is 10.1. The van der Waals surface area contributed by atoms with Crippen molar-refractivity contribution in [2.45, 2.75) is 4.90 Å². The number of hydrogen-bond donors (Lipinski definition) is 0. The van der Waals surface area contributed by atoms with Crippen molar-refractivity contribution in [3.63, 3.8) is 0 Å². The van der Waals surface area contributed by atoms with Crippen LogP contribution in [0.15, 0.2) is 59.2 Å². The van der Waals surface area contributed by atoms with Gasteiger partial charge in [0.15, 0.2) is 0 Å². The molecule has 3 rings (SSSR count). The second-order valence-corrected chi connectivity index (χ2v) is 4.98. The van der Waals surface area contributed by atoms with E-state index in [-0.39, 0.29) is 0 Å². The van der Waals surface area contributed by atoms with E-state index in [0.717, 1.165) is 4.83 Å². The molecule has 0 saturated heterocycles. The predicted molar refractivity (Wildman–Crippen MR) is 75.6 cm³/mol. The second kappa shape index (κ2) is 6.37. The highest BCUT2D eigenvalue weighted by atomic mass is 32.2. The van der Waals surface area contributed by atoms with Gasteiger partial charge in [-0.05, 0) is 35.9 Å². The summed E-state index contributed by atoms with van der Waals surface area (Å²) in [4.78, 5) is 10.4. The van der Waals surface area contributed by atoms with Gasteiger partial charge in [-0.25, -0.2) is 4.98 Å². The highest BCUT2D eigenvalue weighted by Gasteiger charge is 1.89. The van der Waals surface area contributed by atoms with E-state index in [1.165, 1.54) is 10.3 Å². The molecule has 0 atom stereocenters. The van der Waals surface area contributed by atoms with Gasteiger partial charge in [0.25, 0.3) is 0 Å². The maximum absolute atomic E-state index is 4.16. The number of fused-ring (bicyclic) bond motifs is 1. The number of hydrogen-bond acceptors (Lipinski definition) is 4. The molecule has 3 aromatic heterocycles. The van der Waals surface area contributed by atoms with Crippen molar-refractivity contribution in [2.75, 3.05) is 6.26 Å².